The predicted octanol–water partition coefficient (Wildman–Crippen LogP) is 1.76. The average Bonchev–Trinajstić information content (AvgIpc) is 2.19. The van der Waals surface area contributed by atoms with Gasteiger partial charge >= 0.3 is 0 Å². The normalized spacial score (nSPS) is 10.1. The highest BCUT2D eigenvalue weighted by atomic mass is 32.2. The Bertz CT molecular complexity index is 315. The summed E-state index contributed by atoms with van der Waals surface area (Å²) in [6, 6.07) is 3.53. The van der Waals surface area contributed by atoms with Crippen LogP contribution in [0.25, 0.3) is 0 Å². The third-order valence-corrected chi connectivity index (χ3v) is 2.78. The fourth-order valence-electron chi connectivity index (χ4n) is 1.01. The lowest BCUT2D eigenvalue weighted by atomic mass is 10.2. The van der Waals surface area contributed by atoms with Gasteiger partial charge in [0.2, 0.25) is 0 Å². The van der Waals surface area contributed by atoms with Crippen LogP contribution in [-0.4, -0.2) is 28.2 Å². The van der Waals surface area contributed by atoms with E-state index in [0.29, 0.717) is 5.56 Å². The molecule has 0 aliphatic heterocycles. The number of hydrogen-bond donors (Lipinski definition) is 1. The molecule has 0 fully saturated rings. The van der Waals surface area contributed by atoms with E-state index in [2.05, 4.69) is 4.98 Å². The van der Waals surface area contributed by atoms with Crippen molar-refractivity contribution in [3.05, 3.63) is 23.9 Å². The van der Waals surface area contributed by atoms with E-state index in [1.807, 2.05) is 0 Å². The highest BCUT2D eigenvalue weighted by Gasteiger charge is 2.07. The average molecular weight is 211 g/mol. The number of aliphatic hydroxyl groups is 1. The SMILES string of the molecule is CC(=O)c1cccnc1SCCCO. The summed E-state index contributed by atoms with van der Waals surface area (Å²) in [5.41, 5.74) is 0.662. The molecule has 0 aliphatic rings. The van der Waals surface area contributed by atoms with Gasteiger partial charge < -0.3 is 5.11 Å². The summed E-state index contributed by atoms with van der Waals surface area (Å²) in [6.07, 6.45) is 2.40. The van der Waals surface area contributed by atoms with Gasteiger partial charge in [0.15, 0.2) is 5.78 Å². The lowest BCUT2D eigenvalue weighted by Crippen LogP contribution is -1.98. The summed E-state index contributed by atoms with van der Waals surface area (Å²) >= 11 is 1.51. The molecule has 0 aromatic carbocycles. The molecule has 1 aromatic heterocycles. The first-order chi connectivity index (χ1) is 6.75. The second-order valence-electron chi connectivity index (χ2n) is 2.84. The first kappa shape index (κ1) is 11.2. The van der Waals surface area contributed by atoms with Gasteiger partial charge in [-0.05, 0) is 25.5 Å². The Morgan fingerprint density at radius 2 is 2.43 bits per heavy atom. The molecule has 0 saturated heterocycles. The minimum Gasteiger partial charge on any atom is -0.396 e. The predicted molar refractivity (Wildman–Crippen MR) is 56.7 cm³/mol. The number of aromatic nitrogens is 1. The van der Waals surface area contributed by atoms with Crippen molar-refractivity contribution in [3.8, 4) is 0 Å². The highest BCUT2D eigenvalue weighted by Crippen LogP contribution is 2.20. The number of rotatable bonds is 5. The molecule has 0 amide bonds. The standard InChI is InChI=1S/C10H13NO2S/c1-8(13)9-4-2-5-11-10(9)14-7-3-6-12/h2,4-5,12H,3,6-7H2,1H3. The van der Waals surface area contributed by atoms with Crippen LogP contribution in [0.15, 0.2) is 23.4 Å². The van der Waals surface area contributed by atoms with Crippen molar-refractivity contribution in [2.24, 2.45) is 0 Å². The zero-order valence-electron chi connectivity index (χ0n) is 8.06. The zero-order valence-corrected chi connectivity index (χ0v) is 8.88. The Morgan fingerprint density at radius 3 is 3.07 bits per heavy atom. The van der Waals surface area contributed by atoms with E-state index in [9.17, 15) is 4.79 Å². The topological polar surface area (TPSA) is 50.2 Å². The molecule has 1 rings (SSSR count). The molecule has 3 nitrogen and oxygen atoms in total. The molecule has 0 aliphatic carbocycles. The number of thioether (sulfide) groups is 1. The number of pyridine rings is 1. The summed E-state index contributed by atoms with van der Waals surface area (Å²) in [7, 11) is 0. The van der Waals surface area contributed by atoms with Crippen molar-refractivity contribution in [1.82, 2.24) is 4.98 Å². The molecular weight excluding hydrogens is 198 g/mol. The molecule has 1 heterocycles. The Hall–Kier alpha value is -0.870. The van der Waals surface area contributed by atoms with E-state index in [0.717, 1.165) is 17.2 Å². The summed E-state index contributed by atoms with van der Waals surface area (Å²) < 4.78 is 0. The summed E-state index contributed by atoms with van der Waals surface area (Å²) in [6.45, 7) is 1.71. The van der Waals surface area contributed by atoms with Gasteiger partial charge in [-0.15, -0.1) is 11.8 Å². The fourth-order valence-corrected chi connectivity index (χ4v) is 1.98. The summed E-state index contributed by atoms with van der Waals surface area (Å²) in [5, 5.41) is 9.38. The maximum Gasteiger partial charge on any atom is 0.162 e. The quantitative estimate of drug-likeness (QED) is 0.458. The highest BCUT2D eigenvalue weighted by molar-refractivity contribution is 7.99. The van der Waals surface area contributed by atoms with Crippen molar-refractivity contribution < 1.29 is 9.90 Å². The van der Waals surface area contributed by atoms with Gasteiger partial charge in [-0.25, -0.2) is 4.98 Å². The van der Waals surface area contributed by atoms with Crippen molar-refractivity contribution in [3.63, 3.8) is 0 Å². The fraction of sp³-hybridized carbons (Fsp3) is 0.400. The first-order valence-electron chi connectivity index (χ1n) is 4.45. The molecule has 1 aromatic rings. The van der Waals surface area contributed by atoms with Crippen LogP contribution in [0.1, 0.15) is 23.7 Å². The second kappa shape index (κ2) is 5.78. The van der Waals surface area contributed by atoms with Crippen molar-refractivity contribution >= 4 is 17.5 Å². The van der Waals surface area contributed by atoms with Gasteiger partial charge in [0.05, 0.1) is 0 Å². The van der Waals surface area contributed by atoms with Gasteiger partial charge in [-0.2, -0.15) is 0 Å². The molecule has 0 saturated carbocycles. The maximum absolute atomic E-state index is 11.2. The van der Waals surface area contributed by atoms with Crippen molar-refractivity contribution in [1.29, 1.82) is 0 Å². The van der Waals surface area contributed by atoms with Gasteiger partial charge in [-0.1, -0.05) is 0 Å². The van der Waals surface area contributed by atoms with Gasteiger partial charge in [-0.3, -0.25) is 4.79 Å². The number of Topliss-reactive ketones (excluding diaryl/α,β-unsaturated/α-hetero) is 1. The third-order valence-electron chi connectivity index (χ3n) is 1.69. The molecule has 0 atom stereocenters. The largest absolute Gasteiger partial charge is 0.396 e. The van der Waals surface area contributed by atoms with Crippen LogP contribution in [-0.2, 0) is 0 Å². The molecule has 0 radical (unpaired) electrons. The van der Waals surface area contributed by atoms with E-state index in [1.54, 1.807) is 18.3 Å². The number of nitrogens with zero attached hydrogens (tertiary/aromatic N) is 1. The maximum atomic E-state index is 11.2. The molecule has 14 heavy (non-hydrogen) atoms. The van der Waals surface area contributed by atoms with Crippen LogP contribution in [0.2, 0.25) is 0 Å². The minimum absolute atomic E-state index is 0.0320. The van der Waals surface area contributed by atoms with Crippen LogP contribution >= 0.6 is 11.8 Å². The Balaban J connectivity index is 2.69. The lowest BCUT2D eigenvalue weighted by molar-refractivity contribution is 0.101. The van der Waals surface area contributed by atoms with Gasteiger partial charge in [0.1, 0.15) is 5.03 Å². The van der Waals surface area contributed by atoms with Crippen molar-refractivity contribution in [2.45, 2.75) is 18.4 Å². The molecule has 4 heteroatoms. The molecule has 0 bridgehead atoms. The molecule has 1 N–H and O–H groups in total. The molecule has 76 valence electrons. The molecule has 0 unspecified atom stereocenters. The smallest absolute Gasteiger partial charge is 0.162 e. The summed E-state index contributed by atoms with van der Waals surface area (Å²) in [4.78, 5) is 15.3. The second-order valence-corrected chi connectivity index (χ2v) is 3.92. The number of carbonyl (C=O) groups is 1. The number of ketones is 1. The zero-order chi connectivity index (χ0) is 10.4. The number of hydrogen-bond acceptors (Lipinski definition) is 4. The van der Waals surface area contributed by atoms with E-state index in [4.69, 9.17) is 5.11 Å². The van der Waals surface area contributed by atoms with Crippen LogP contribution in [0.5, 0.6) is 0 Å². The Labute approximate surface area is 87.6 Å². The van der Waals surface area contributed by atoms with Gasteiger partial charge in [0.25, 0.3) is 0 Å². The van der Waals surface area contributed by atoms with Crippen molar-refractivity contribution in [2.75, 3.05) is 12.4 Å². The number of aliphatic hydroxyl groups excluding tert-OH is 1. The summed E-state index contributed by atoms with van der Waals surface area (Å²) in [5.74, 6) is 0.818. The monoisotopic (exact) mass is 211 g/mol. The van der Waals surface area contributed by atoms with Crippen LogP contribution in [0.4, 0.5) is 0 Å². The van der Waals surface area contributed by atoms with E-state index in [-0.39, 0.29) is 12.4 Å². The third kappa shape index (κ3) is 3.12. The lowest BCUT2D eigenvalue weighted by Gasteiger charge is -2.03. The molecular formula is C10H13NO2S. The van der Waals surface area contributed by atoms with E-state index in [1.165, 1.54) is 18.7 Å². The van der Waals surface area contributed by atoms with Crippen LogP contribution in [0.3, 0.4) is 0 Å². The molecule has 0 spiro atoms. The van der Waals surface area contributed by atoms with Gasteiger partial charge in [0, 0.05) is 24.1 Å². The van der Waals surface area contributed by atoms with Crippen LogP contribution in [0, 0.1) is 0 Å². The Kier molecular flexibility index (Phi) is 4.62. The van der Waals surface area contributed by atoms with E-state index >= 15 is 0 Å². The van der Waals surface area contributed by atoms with E-state index < -0.39 is 0 Å². The van der Waals surface area contributed by atoms with Crippen LogP contribution < -0.4 is 0 Å². The number of carbonyl (C=O) groups excluding carboxylic acids is 1. The Morgan fingerprint density at radius 1 is 1.64 bits per heavy atom. The minimum atomic E-state index is 0.0320. The first-order valence-corrected chi connectivity index (χ1v) is 5.44.